The van der Waals surface area contributed by atoms with Gasteiger partial charge in [-0.05, 0) is 111 Å². The Morgan fingerprint density at radius 2 is 1.78 bits per heavy atom. The van der Waals surface area contributed by atoms with Crippen LogP contribution in [0.4, 0.5) is 5.69 Å². The van der Waals surface area contributed by atoms with Gasteiger partial charge in [-0.1, -0.05) is 24.6 Å². The summed E-state index contributed by atoms with van der Waals surface area (Å²) < 4.78 is 41.6. The molecule has 9 nitrogen and oxygen atoms in total. The van der Waals surface area contributed by atoms with Crippen molar-refractivity contribution in [3.05, 3.63) is 58.1 Å². The van der Waals surface area contributed by atoms with Crippen molar-refractivity contribution in [1.29, 1.82) is 0 Å². The van der Waals surface area contributed by atoms with Crippen LogP contribution < -0.4 is 14.4 Å². The minimum Gasteiger partial charge on any atom is -0.487 e. The molecule has 2 N–H and O–H groups in total. The molecule has 2 fully saturated rings. The van der Waals surface area contributed by atoms with E-state index in [1.54, 1.807) is 25.1 Å². The number of aryl methyl sites for hydroxylation is 1. The molecule has 1 saturated carbocycles. The zero-order valence-corrected chi connectivity index (χ0v) is 28.6. The summed E-state index contributed by atoms with van der Waals surface area (Å²) in [5, 5.41) is 11.6. The summed E-state index contributed by atoms with van der Waals surface area (Å²) in [6.45, 7) is 8.23. The third-order valence-corrected chi connectivity index (χ3v) is 13.1. The fourth-order valence-electron chi connectivity index (χ4n) is 7.69. The van der Waals surface area contributed by atoms with Crippen LogP contribution in [-0.2, 0) is 27.8 Å². The highest BCUT2D eigenvalue weighted by Crippen LogP contribution is 2.42. The summed E-state index contributed by atoms with van der Waals surface area (Å²) in [6, 6.07) is 11.1. The van der Waals surface area contributed by atoms with E-state index in [1.165, 1.54) is 5.56 Å². The van der Waals surface area contributed by atoms with E-state index >= 15 is 0 Å². The molecule has 1 amide bonds. The number of nitrogens with zero attached hydrogens (tertiary/aromatic N) is 2. The third kappa shape index (κ3) is 7.51. The van der Waals surface area contributed by atoms with Crippen LogP contribution in [-0.4, -0.2) is 81.1 Å². The molecule has 1 aliphatic carbocycles. The molecule has 4 aliphatic rings. The number of benzene rings is 2. The topological polar surface area (TPSA) is 108 Å². The molecule has 3 heterocycles. The molecule has 6 atom stereocenters. The van der Waals surface area contributed by atoms with Gasteiger partial charge in [0.1, 0.15) is 12.4 Å². The highest BCUT2D eigenvalue weighted by Gasteiger charge is 2.40. The Kier molecular flexibility index (Phi) is 10.5. The number of aliphatic hydroxyl groups is 1. The molecule has 0 radical (unpaired) electrons. The van der Waals surface area contributed by atoms with E-state index in [0.29, 0.717) is 49.4 Å². The summed E-state index contributed by atoms with van der Waals surface area (Å²) in [6.07, 6.45) is 5.50. The Labute approximate surface area is 278 Å². The van der Waals surface area contributed by atoms with E-state index in [2.05, 4.69) is 14.5 Å². The van der Waals surface area contributed by atoms with E-state index in [-0.39, 0.29) is 23.4 Å². The molecule has 0 unspecified atom stereocenters. The number of carbonyl (C=O) groups excluding carboxylic acids is 1. The summed E-state index contributed by atoms with van der Waals surface area (Å²) in [7, 11) is -3.97. The molecule has 1 saturated heterocycles. The lowest BCUT2D eigenvalue weighted by Crippen LogP contribution is -2.50. The van der Waals surface area contributed by atoms with Gasteiger partial charge in [0.15, 0.2) is 0 Å². The van der Waals surface area contributed by atoms with Crippen molar-refractivity contribution in [3.8, 4) is 5.75 Å². The average Bonchev–Trinajstić information content (AvgIpc) is 3.05. The second-order valence-electron chi connectivity index (χ2n) is 13.8. The number of fused-ring (bicyclic) bond motifs is 3. The number of ether oxygens (including phenoxy) is 2. The highest BCUT2D eigenvalue weighted by molar-refractivity contribution is 7.90. The number of hydrogen-bond donors (Lipinski definition) is 2. The van der Waals surface area contributed by atoms with Crippen LogP contribution in [0.2, 0.25) is 5.02 Å². The molecule has 46 heavy (non-hydrogen) atoms. The van der Waals surface area contributed by atoms with Crippen LogP contribution in [0.1, 0.15) is 73.9 Å². The van der Waals surface area contributed by atoms with Crippen molar-refractivity contribution in [2.75, 3.05) is 44.3 Å². The molecule has 2 aromatic carbocycles. The van der Waals surface area contributed by atoms with E-state index in [1.807, 2.05) is 25.1 Å². The van der Waals surface area contributed by atoms with Crippen LogP contribution in [0, 0.1) is 17.8 Å². The van der Waals surface area contributed by atoms with Gasteiger partial charge < -0.3 is 19.5 Å². The number of halogens is 1. The molecule has 0 aromatic heterocycles. The number of anilines is 1. The lowest BCUT2D eigenvalue weighted by Gasteiger charge is -2.45. The fraction of sp³-hybridized carbons (Fsp3) is 0.629. The molecule has 2 bridgehead atoms. The summed E-state index contributed by atoms with van der Waals surface area (Å²) in [5.74, 6) is 0.244. The molecule has 11 heteroatoms. The normalized spacial score (nSPS) is 31.2. The lowest BCUT2D eigenvalue weighted by atomic mass is 9.68. The first-order chi connectivity index (χ1) is 22.1. The van der Waals surface area contributed by atoms with Gasteiger partial charge >= 0.3 is 0 Å². The van der Waals surface area contributed by atoms with Crippen molar-refractivity contribution < 1.29 is 27.8 Å². The maximum Gasteiger partial charge on any atom is 0.264 e. The second kappa shape index (κ2) is 14.4. The summed E-state index contributed by atoms with van der Waals surface area (Å²) >= 11 is 6.34. The SMILES string of the molecule is C[C@@H]1[C@@H](C)C[C@H](N2CCOCC2)C[C@H](O)[C@@H]2CC[C@H]2CN2CCCCc3cc(Cl)ccc3COc3ccc(cc32)C(=O)NS1(=O)=O. The maximum absolute atomic E-state index is 13.6. The predicted octanol–water partition coefficient (Wildman–Crippen LogP) is 5.03. The van der Waals surface area contributed by atoms with Gasteiger partial charge in [0.2, 0.25) is 10.0 Å². The summed E-state index contributed by atoms with van der Waals surface area (Å²) in [5.41, 5.74) is 3.31. The van der Waals surface area contributed by atoms with Crippen LogP contribution >= 0.6 is 11.6 Å². The first-order valence-electron chi connectivity index (χ1n) is 16.9. The number of hydrogen-bond acceptors (Lipinski definition) is 8. The van der Waals surface area contributed by atoms with Gasteiger partial charge in [-0.2, -0.15) is 0 Å². The molecule has 252 valence electrons. The maximum atomic E-state index is 13.6. The van der Waals surface area contributed by atoms with Crippen LogP contribution in [0.5, 0.6) is 5.75 Å². The van der Waals surface area contributed by atoms with E-state index in [4.69, 9.17) is 21.1 Å². The van der Waals surface area contributed by atoms with Crippen molar-refractivity contribution in [2.45, 2.75) is 82.8 Å². The zero-order valence-electron chi connectivity index (χ0n) is 27.0. The number of amides is 1. The smallest absolute Gasteiger partial charge is 0.264 e. The van der Waals surface area contributed by atoms with Gasteiger partial charge in [-0.3, -0.25) is 9.69 Å². The van der Waals surface area contributed by atoms with Gasteiger partial charge in [-0.15, -0.1) is 0 Å². The zero-order chi connectivity index (χ0) is 32.4. The Balaban J connectivity index is 1.35. The molecule has 6 rings (SSSR count). The number of sulfonamides is 1. The Morgan fingerprint density at radius 3 is 2.54 bits per heavy atom. The second-order valence-corrected chi connectivity index (χ2v) is 16.3. The standard InChI is InChI=1S/C35H48ClN3O6S/c1-23-17-30(38-13-15-44-16-14-38)20-33(40)31-10-7-27(31)21-39-12-4-3-5-25-18-29(36)9-6-28(25)22-45-34-11-8-26(19-32(34)39)35(41)37-46(42,43)24(23)2/h6,8-9,11,18-19,23-24,27,30-31,33,40H,3-5,7,10,12-17,20-22H2,1-2H3,(H,37,41)/t23-,24+,27-,30-,31+,33-/m0/s1. The van der Waals surface area contributed by atoms with Gasteiger partial charge in [0, 0.05) is 42.8 Å². The summed E-state index contributed by atoms with van der Waals surface area (Å²) in [4.78, 5) is 18.2. The van der Waals surface area contributed by atoms with E-state index in [0.717, 1.165) is 69.5 Å². The molecule has 0 spiro atoms. The number of morpholine rings is 1. The predicted molar refractivity (Wildman–Crippen MR) is 180 cm³/mol. The van der Waals surface area contributed by atoms with Gasteiger partial charge in [0.25, 0.3) is 5.91 Å². The van der Waals surface area contributed by atoms with Crippen molar-refractivity contribution >= 4 is 33.2 Å². The van der Waals surface area contributed by atoms with Crippen molar-refractivity contribution in [2.24, 2.45) is 17.8 Å². The third-order valence-electron chi connectivity index (χ3n) is 10.9. The Hall–Kier alpha value is -2.37. The molecule has 3 aliphatic heterocycles. The Morgan fingerprint density at radius 1 is 0.978 bits per heavy atom. The largest absolute Gasteiger partial charge is 0.487 e. The number of aliphatic hydroxyl groups excluding tert-OH is 1. The minimum absolute atomic E-state index is 0.0250. The van der Waals surface area contributed by atoms with Crippen LogP contribution in [0.3, 0.4) is 0 Å². The monoisotopic (exact) mass is 673 g/mol. The number of rotatable bonds is 1. The molecule has 2 aromatic rings. The van der Waals surface area contributed by atoms with Crippen LogP contribution in [0.25, 0.3) is 0 Å². The van der Waals surface area contributed by atoms with Crippen LogP contribution in [0.15, 0.2) is 36.4 Å². The molecular formula is C35H48ClN3O6S. The van der Waals surface area contributed by atoms with E-state index in [9.17, 15) is 18.3 Å². The van der Waals surface area contributed by atoms with Gasteiger partial charge in [0.05, 0.1) is 30.3 Å². The first kappa shape index (κ1) is 33.5. The van der Waals surface area contributed by atoms with E-state index < -0.39 is 27.3 Å². The quantitative estimate of drug-likeness (QED) is 0.434. The number of nitrogens with one attached hydrogen (secondary N) is 1. The first-order valence-corrected chi connectivity index (χ1v) is 18.9. The fourth-order valence-corrected chi connectivity index (χ4v) is 9.17. The van der Waals surface area contributed by atoms with Gasteiger partial charge in [-0.25, -0.2) is 13.1 Å². The molecular weight excluding hydrogens is 626 g/mol. The minimum atomic E-state index is -3.97. The van der Waals surface area contributed by atoms with Crippen molar-refractivity contribution in [1.82, 2.24) is 9.62 Å². The lowest BCUT2D eigenvalue weighted by molar-refractivity contribution is -0.0323. The highest BCUT2D eigenvalue weighted by atomic mass is 35.5. The number of carbonyl (C=O) groups is 1. The Bertz CT molecular complexity index is 1500. The average molecular weight is 674 g/mol. The van der Waals surface area contributed by atoms with Crippen molar-refractivity contribution in [3.63, 3.8) is 0 Å².